The van der Waals surface area contributed by atoms with E-state index in [4.69, 9.17) is 15.6 Å². The summed E-state index contributed by atoms with van der Waals surface area (Å²) < 4.78 is 5.08. The molecule has 1 heterocycles. The number of aromatic carboxylic acids is 1. The van der Waals surface area contributed by atoms with Gasteiger partial charge >= 0.3 is 5.97 Å². The topological polar surface area (TPSA) is 115 Å². The molecule has 0 aliphatic carbocycles. The molecule has 3 aromatic rings. The van der Waals surface area contributed by atoms with Gasteiger partial charge in [0.2, 0.25) is 5.78 Å². The monoisotopic (exact) mass is 369 g/mol. The van der Waals surface area contributed by atoms with E-state index in [9.17, 15) is 9.59 Å². The number of thiazole rings is 1. The van der Waals surface area contributed by atoms with Crippen LogP contribution >= 0.6 is 11.3 Å². The molecule has 0 aliphatic rings. The fraction of sp³-hybridized carbons (Fsp3) is 0.0556. The largest absolute Gasteiger partial charge is 0.497 e. The summed E-state index contributed by atoms with van der Waals surface area (Å²) in [4.78, 5) is 28.0. The van der Waals surface area contributed by atoms with Crippen molar-refractivity contribution in [1.29, 1.82) is 0 Å². The Morgan fingerprint density at radius 1 is 1.08 bits per heavy atom. The molecule has 0 spiro atoms. The maximum atomic E-state index is 12.6. The molecule has 3 rings (SSSR count). The highest BCUT2D eigenvalue weighted by Gasteiger charge is 2.18. The Morgan fingerprint density at radius 2 is 1.69 bits per heavy atom. The van der Waals surface area contributed by atoms with Crippen molar-refractivity contribution in [2.75, 3.05) is 18.2 Å². The second-order valence-electron chi connectivity index (χ2n) is 5.30. The first-order chi connectivity index (χ1) is 12.5. The maximum Gasteiger partial charge on any atom is 0.335 e. The lowest BCUT2D eigenvalue weighted by Crippen LogP contribution is -2.02. The molecule has 0 fully saturated rings. The number of carboxylic acids is 1. The predicted octanol–water partition coefficient (Wildman–Crippen LogP) is 3.41. The molecule has 0 radical (unpaired) electrons. The molecule has 7 nitrogen and oxygen atoms in total. The summed E-state index contributed by atoms with van der Waals surface area (Å²) >= 11 is 1.13. The Hall–Kier alpha value is -3.39. The molecule has 0 aliphatic heterocycles. The maximum absolute atomic E-state index is 12.6. The minimum absolute atomic E-state index is 0.139. The van der Waals surface area contributed by atoms with E-state index in [1.165, 1.54) is 12.1 Å². The first-order valence-corrected chi connectivity index (χ1v) is 8.35. The van der Waals surface area contributed by atoms with Crippen molar-refractivity contribution in [3.8, 4) is 5.75 Å². The summed E-state index contributed by atoms with van der Waals surface area (Å²) in [6.07, 6.45) is 0. The average molecular weight is 369 g/mol. The lowest BCUT2D eigenvalue weighted by atomic mass is 10.1. The zero-order chi connectivity index (χ0) is 18.7. The number of nitrogens with two attached hydrogens (primary N) is 1. The molecular weight excluding hydrogens is 354 g/mol. The number of carbonyl (C=O) groups excluding carboxylic acids is 1. The number of hydrogen-bond acceptors (Lipinski definition) is 7. The van der Waals surface area contributed by atoms with Crippen LogP contribution in [0.5, 0.6) is 5.75 Å². The van der Waals surface area contributed by atoms with Gasteiger partial charge in [0, 0.05) is 11.3 Å². The minimum Gasteiger partial charge on any atom is -0.497 e. The number of anilines is 3. The Kier molecular flexibility index (Phi) is 4.85. The van der Waals surface area contributed by atoms with Gasteiger partial charge in [-0.15, -0.1) is 0 Å². The molecule has 0 bridgehead atoms. The number of ketones is 1. The zero-order valence-corrected chi connectivity index (χ0v) is 14.5. The van der Waals surface area contributed by atoms with E-state index >= 15 is 0 Å². The smallest absolute Gasteiger partial charge is 0.335 e. The molecule has 4 N–H and O–H groups in total. The van der Waals surface area contributed by atoms with Crippen LogP contribution in [-0.2, 0) is 0 Å². The van der Waals surface area contributed by atoms with Crippen LogP contribution in [-0.4, -0.2) is 29.0 Å². The van der Waals surface area contributed by atoms with E-state index in [2.05, 4.69) is 10.3 Å². The summed E-state index contributed by atoms with van der Waals surface area (Å²) in [6, 6.07) is 12.9. The van der Waals surface area contributed by atoms with Crippen molar-refractivity contribution < 1.29 is 19.4 Å². The molecule has 8 heteroatoms. The highest BCUT2D eigenvalue weighted by atomic mass is 32.1. The van der Waals surface area contributed by atoms with Crippen molar-refractivity contribution in [2.45, 2.75) is 0 Å². The van der Waals surface area contributed by atoms with Crippen molar-refractivity contribution in [2.24, 2.45) is 0 Å². The molecular formula is C18H15N3O4S. The number of ether oxygens (including phenoxy) is 1. The summed E-state index contributed by atoms with van der Waals surface area (Å²) in [6.45, 7) is 0. The van der Waals surface area contributed by atoms with E-state index in [1.807, 2.05) is 0 Å². The molecule has 132 valence electrons. The first kappa shape index (κ1) is 17.4. The van der Waals surface area contributed by atoms with Crippen LogP contribution in [0.15, 0.2) is 48.5 Å². The van der Waals surface area contributed by atoms with Gasteiger partial charge in [-0.3, -0.25) is 4.79 Å². The highest BCUT2D eigenvalue weighted by molar-refractivity contribution is 7.18. The number of nitrogens with zero attached hydrogens (tertiary/aromatic N) is 1. The molecule has 0 saturated heterocycles. The summed E-state index contributed by atoms with van der Waals surface area (Å²) in [5.74, 6) is -0.425. The van der Waals surface area contributed by atoms with Gasteiger partial charge in [0.05, 0.1) is 12.7 Å². The highest BCUT2D eigenvalue weighted by Crippen LogP contribution is 2.30. The van der Waals surface area contributed by atoms with Crippen molar-refractivity contribution in [3.05, 3.63) is 64.5 Å². The van der Waals surface area contributed by atoms with Crippen molar-refractivity contribution >= 4 is 39.7 Å². The molecule has 26 heavy (non-hydrogen) atoms. The Balaban J connectivity index is 1.79. The van der Waals surface area contributed by atoms with Gasteiger partial charge in [-0.05, 0) is 48.5 Å². The number of nitrogen functional groups attached to an aromatic ring is 1. The lowest BCUT2D eigenvalue weighted by molar-refractivity contribution is 0.0696. The first-order valence-electron chi connectivity index (χ1n) is 7.53. The Labute approximate surface area is 153 Å². The van der Waals surface area contributed by atoms with Crippen LogP contribution in [0, 0.1) is 0 Å². The van der Waals surface area contributed by atoms with Gasteiger partial charge in [0.1, 0.15) is 16.4 Å². The van der Waals surface area contributed by atoms with Gasteiger partial charge < -0.3 is 20.9 Å². The van der Waals surface area contributed by atoms with Gasteiger partial charge in [0.25, 0.3) is 0 Å². The number of hydrogen-bond donors (Lipinski definition) is 3. The fourth-order valence-electron chi connectivity index (χ4n) is 2.24. The summed E-state index contributed by atoms with van der Waals surface area (Å²) in [7, 11) is 1.55. The molecule has 0 amide bonds. The number of aromatic nitrogens is 1. The quantitative estimate of drug-likeness (QED) is 0.570. The van der Waals surface area contributed by atoms with Crippen molar-refractivity contribution in [3.63, 3.8) is 0 Å². The molecule has 0 atom stereocenters. The number of methoxy groups -OCH3 is 1. The fourth-order valence-corrected chi connectivity index (χ4v) is 3.11. The number of rotatable bonds is 6. The minimum atomic E-state index is -0.998. The van der Waals surface area contributed by atoms with Crippen LogP contribution in [0.2, 0.25) is 0 Å². The summed E-state index contributed by atoms with van der Waals surface area (Å²) in [5, 5.41) is 12.4. The van der Waals surface area contributed by atoms with Crippen LogP contribution in [0.3, 0.4) is 0 Å². The van der Waals surface area contributed by atoms with E-state index in [1.54, 1.807) is 43.5 Å². The third kappa shape index (κ3) is 3.65. The van der Waals surface area contributed by atoms with E-state index in [0.717, 1.165) is 11.3 Å². The van der Waals surface area contributed by atoms with Crippen molar-refractivity contribution in [1.82, 2.24) is 4.98 Å². The SMILES string of the molecule is COc1ccc(C(=O)c2sc(Nc3ccc(C(=O)O)cc3)nc2N)cc1. The van der Waals surface area contributed by atoms with Crippen LogP contribution in [0.4, 0.5) is 16.6 Å². The summed E-state index contributed by atoms with van der Waals surface area (Å²) in [5.41, 5.74) is 7.20. The number of nitrogens with one attached hydrogen (secondary N) is 1. The number of carboxylic acid groups (broad SMARTS) is 1. The molecule has 0 unspecified atom stereocenters. The van der Waals surface area contributed by atoms with Crippen LogP contribution < -0.4 is 15.8 Å². The normalized spacial score (nSPS) is 10.3. The Bertz CT molecular complexity index is 950. The van der Waals surface area contributed by atoms with E-state index in [-0.39, 0.29) is 17.2 Å². The molecule has 2 aromatic carbocycles. The number of carbonyl (C=O) groups is 2. The lowest BCUT2D eigenvalue weighted by Gasteiger charge is -2.02. The van der Waals surface area contributed by atoms with Crippen LogP contribution in [0.1, 0.15) is 25.6 Å². The zero-order valence-electron chi connectivity index (χ0n) is 13.7. The van der Waals surface area contributed by atoms with Gasteiger partial charge in [-0.2, -0.15) is 0 Å². The molecule has 1 aromatic heterocycles. The standard InChI is InChI=1S/C18H15N3O4S/c1-25-13-8-4-10(5-9-13)14(22)15-16(19)21-18(26-15)20-12-6-2-11(3-7-12)17(23)24/h2-9H,19H2,1H3,(H,20,21)(H,23,24). The third-order valence-corrected chi connectivity index (χ3v) is 4.58. The van der Waals surface area contributed by atoms with E-state index in [0.29, 0.717) is 27.0 Å². The third-order valence-electron chi connectivity index (χ3n) is 3.59. The average Bonchev–Trinajstić information content (AvgIpc) is 3.01. The number of benzene rings is 2. The Morgan fingerprint density at radius 3 is 2.27 bits per heavy atom. The van der Waals surface area contributed by atoms with E-state index < -0.39 is 5.97 Å². The van der Waals surface area contributed by atoms with Gasteiger partial charge in [0.15, 0.2) is 5.13 Å². The second kappa shape index (κ2) is 7.24. The van der Waals surface area contributed by atoms with Gasteiger partial charge in [-0.25, -0.2) is 9.78 Å². The molecule has 0 saturated carbocycles. The van der Waals surface area contributed by atoms with Crippen LogP contribution in [0.25, 0.3) is 0 Å². The van der Waals surface area contributed by atoms with Gasteiger partial charge in [-0.1, -0.05) is 11.3 Å². The second-order valence-corrected chi connectivity index (χ2v) is 6.30. The predicted molar refractivity (Wildman–Crippen MR) is 99.6 cm³/mol.